The smallest absolute Gasteiger partial charge is 0.348 e. The van der Waals surface area contributed by atoms with Crippen LogP contribution in [0.25, 0.3) is 0 Å². The van der Waals surface area contributed by atoms with Crippen LogP contribution in [0.4, 0.5) is 5.69 Å². The highest BCUT2D eigenvalue weighted by atomic mass is 35.5. The number of amides is 1. The number of thiophene rings is 1. The second kappa shape index (κ2) is 8.38. The molecule has 1 N–H and O–H groups in total. The molecule has 0 spiro atoms. The van der Waals surface area contributed by atoms with E-state index in [1.165, 1.54) is 4.90 Å². The number of halogens is 1. The number of carbonyl (C=O) groups is 2. The van der Waals surface area contributed by atoms with Crippen molar-refractivity contribution in [1.82, 2.24) is 0 Å². The van der Waals surface area contributed by atoms with E-state index in [1.807, 2.05) is 41.5 Å². The maximum Gasteiger partial charge on any atom is 0.348 e. The van der Waals surface area contributed by atoms with Crippen LogP contribution in [-0.4, -0.2) is 23.0 Å². The summed E-state index contributed by atoms with van der Waals surface area (Å²) >= 11 is 7.09. The SMILES string of the molecule is Cc1cc(Cl)ccc1C(=O)N(c1cc(C#CC(C)(C)C)sc1C(=O)O)C(C)C. The molecule has 148 valence electrons. The molecule has 1 amide bonds. The quantitative estimate of drug-likeness (QED) is 0.633. The number of aryl methyl sites for hydroxylation is 1. The van der Waals surface area contributed by atoms with Crippen molar-refractivity contribution in [3.8, 4) is 11.8 Å². The lowest BCUT2D eigenvalue weighted by Gasteiger charge is -2.27. The van der Waals surface area contributed by atoms with Crippen LogP contribution in [0.15, 0.2) is 24.3 Å². The predicted octanol–water partition coefficient (Wildman–Crippen LogP) is 5.86. The molecule has 0 radical (unpaired) electrons. The van der Waals surface area contributed by atoms with Crippen molar-refractivity contribution in [2.24, 2.45) is 5.41 Å². The maximum atomic E-state index is 13.3. The number of carboxylic acids is 1. The van der Waals surface area contributed by atoms with Gasteiger partial charge >= 0.3 is 5.97 Å². The number of benzene rings is 1. The summed E-state index contributed by atoms with van der Waals surface area (Å²) in [5.41, 5.74) is 1.39. The average molecular weight is 418 g/mol. The predicted molar refractivity (Wildman–Crippen MR) is 116 cm³/mol. The molecule has 1 aromatic heterocycles. The van der Waals surface area contributed by atoms with Crippen LogP contribution in [-0.2, 0) is 0 Å². The van der Waals surface area contributed by atoms with E-state index < -0.39 is 5.97 Å². The first-order valence-electron chi connectivity index (χ1n) is 8.90. The lowest BCUT2D eigenvalue weighted by molar-refractivity contribution is 0.0703. The Hall–Kier alpha value is -2.29. The first kappa shape index (κ1) is 22.0. The van der Waals surface area contributed by atoms with Crippen LogP contribution >= 0.6 is 22.9 Å². The van der Waals surface area contributed by atoms with Gasteiger partial charge in [0.25, 0.3) is 5.91 Å². The Bertz CT molecular complexity index is 974. The highest BCUT2D eigenvalue weighted by molar-refractivity contribution is 7.15. The van der Waals surface area contributed by atoms with Crippen LogP contribution in [0.5, 0.6) is 0 Å². The second-order valence-electron chi connectivity index (χ2n) is 7.86. The Labute approximate surface area is 175 Å². The second-order valence-corrected chi connectivity index (χ2v) is 9.35. The van der Waals surface area contributed by atoms with E-state index in [-0.39, 0.29) is 22.2 Å². The number of hydrogen-bond acceptors (Lipinski definition) is 3. The van der Waals surface area contributed by atoms with Crippen LogP contribution in [0, 0.1) is 24.2 Å². The normalized spacial score (nSPS) is 11.1. The van der Waals surface area contributed by atoms with E-state index in [9.17, 15) is 14.7 Å². The van der Waals surface area contributed by atoms with Gasteiger partial charge in [-0.25, -0.2) is 4.79 Å². The molecule has 0 saturated heterocycles. The molecule has 0 saturated carbocycles. The fourth-order valence-electron chi connectivity index (χ4n) is 2.64. The van der Waals surface area contributed by atoms with Crippen molar-refractivity contribution < 1.29 is 14.7 Å². The van der Waals surface area contributed by atoms with Crippen LogP contribution < -0.4 is 4.90 Å². The van der Waals surface area contributed by atoms with Gasteiger partial charge in [0, 0.05) is 22.0 Å². The van der Waals surface area contributed by atoms with Crippen LogP contribution in [0.2, 0.25) is 5.02 Å². The summed E-state index contributed by atoms with van der Waals surface area (Å²) in [5.74, 6) is 4.81. The molecule has 6 heteroatoms. The molecule has 1 aromatic carbocycles. The monoisotopic (exact) mass is 417 g/mol. The zero-order valence-electron chi connectivity index (χ0n) is 16.9. The molecule has 0 atom stereocenters. The maximum absolute atomic E-state index is 13.3. The van der Waals surface area contributed by atoms with E-state index in [4.69, 9.17) is 11.6 Å². The summed E-state index contributed by atoms with van der Waals surface area (Å²) in [5, 5.41) is 10.2. The molecule has 0 fully saturated rings. The molecule has 0 unspecified atom stereocenters. The molecule has 0 aliphatic carbocycles. The van der Waals surface area contributed by atoms with E-state index >= 15 is 0 Å². The van der Waals surface area contributed by atoms with Crippen molar-refractivity contribution in [2.75, 3.05) is 4.90 Å². The van der Waals surface area contributed by atoms with Gasteiger partial charge < -0.3 is 10.0 Å². The Morgan fingerprint density at radius 3 is 2.36 bits per heavy atom. The van der Waals surface area contributed by atoms with Gasteiger partial charge in [-0.05, 0) is 71.4 Å². The molecule has 0 bridgehead atoms. The van der Waals surface area contributed by atoms with Gasteiger partial charge in [0.1, 0.15) is 4.88 Å². The van der Waals surface area contributed by atoms with Gasteiger partial charge in [0.05, 0.1) is 10.6 Å². The van der Waals surface area contributed by atoms with Gasteiger partial charge in [-0.2, -0.15) is 0 Å². The Kier molecular flexibility index (Phi) is 6.59. The van der Waals surface area contributed by atoms with Crippen LogP contribution in [0.3, 0.4) is 0 Å². The van der Waals surface area contributed by atoms with Crippen molar-refractivity contribution in [1.29, 1.82) is 0 Å². The molecule has 2 aromatic rings. The Morgan fingerprint density at radius 1 is 1.21 bits per heavy atom. The van der Waals surface area contributed by atoms with E-state index in [2.05, 4.69) is 11.8 Å². The third-order valence-corrected chi connectivity index (χ3v) is 5.14. The minimum atomic E-state index is -1.07. The van der Waals surface area contributed by atoms with E-state index in [0.29, 0.717) is 21.2 Å². The van der Waals surface area contributed by atoms with Crippen LogP contribution in [0.1, 0.15) is 65.1 Å². The van der Waals surface area contributed by atoms with Crippen molar-refractivity contribution in [2.45, 2.75) is 47.6 Å². The lowest BCUT2D eigenvalue weighted by atomic mass is 9.98. The summed E-state index contributed by atoms with van der Waals surface area (Å²) in [6.45, 7) is 11.5. The summed E-state index contributed by atoms with van der Waals surface area (Å²) < 4.78 is 0. The van der Waals surface area contributed by atoms with Gasteiger partial charge in [-0.15, -0.1) is 11.3 Å². The summed E-state index contributed by atoms with van der Waals surface area (Å²) in [7, 11) is 0. The summed E-state index contributed by atoms with van der Waals surface area (Å²) in [4.78, 5) is 27.4. The lowest BCUT2D eigenvalue weighted by Crippen LogP contribution is -2.38. The number of carboxylic acid groups (broad SMARTS) is 1. The number of rotatable bonds is 4. The highest BCUT2D eigenvalue weighted by Crippen LogP contribution is 2.33. The van der Waals surface area contributed by atoms with Gasteiger partial charge in [0.15, 0.2) is 0 Å². The zero-order chi connectivity index (χ0) is 21.2. The largest absolute Gasteiger partial charge is 0.477 e. The third kappa shape index (κ3) is 5.15. The average Bonchev–Trinajstić information content (AvgIpc) is 2.96. The first-order valence-corrected chi connectivity index (χ1v) is 10.1. The topological polar surface area (TPSA) is 57.6 Å². The zero-order valence-corrected chi connectivity index (χ0v) is 18.5. The molecule has 28 heavy (non-hydrogen) atoms. The minimum absolute atomic E-state index is 0.104. The van der Waals surface area contributed by atoms with Crippen molar-refractivity contribution in [3.63, 3.8) is 0 Å². The molecular formula is C22H24ClNO3S. The van der Waals surface area contributed by atoms with E-state index in [0.717, 1.165) is 16.9 Å². The number of hydrogen-bond donors (Lipinski definition) is 1. The Balaban J connectivity index is 2.59. The summed E-state index contributed by atoms with van der Waals surface area (Å²) in [6.07, 6.45) is 0. The van der Waals surface area contributed by atoms with E-state index in [1.54, 1.807) is 24.3 Å². The number of nitrogens with zero attached hydrogens (tertiary/aromatic N) is 1. The molecule has 0 aliphatic rings. The molecule has 2 rings (SSSR count). The van der Waals surface area contributed by atoms with Gasteiger partial charge in [-0.3, -0.25) is 4.79 Å². The molecular weight excluding hydrogens is 394 g/mol. The molecule has 1 heterocycles. The van der Waals surface area contributed by atoms with Gasteiger partial charge in [0.2, 0.25) is 0 Å². The highest BCUT2D eigenvalue weighted by Gasteiger charge is 2.28. The number of aromatic carboxylic acids is 1. The fourth-order valence-corrected chi connectivity index (χ4v) is 3.71. The first-order chi connectivity index (χ1) is 12.9. The fraction of sp³-hybridized carbons (Fsp3) is 0.364. The number of anilines is 1. The van der Waals surface area contributed by atoms with Crippen molar-refractivity contribution in [3.05, 3.63) is 50.2 Å². The molecule has 0 aliphatic heterocycles. The standard InChI is InChI=1S/C22H24ClNO3S/c1-13(2)24(20(25)17-8-7-15(23)11-14(17)3)18-12-16(9-10-22(4,5)6)28-19(18)21(26)27/h7-8,11-13H,1-6H3,(H,26,27). The van der Waals surface area contributed by atoms with Gasteiger partial charge in [-0.1, -0.05) is 23.4 Å². The summed E-state index contributed by atoms with van der Waals surface area (Å²) in [6, 6.07) is 6.50. The Morgan fingerprint density at radius 2 is 1.86 bits per heavy atom. The third-order valence-electron chi connectivity index (χ3n) is 3.88. The minimum Gasteiger partial charge on any atom is -0.477 e. The van der Waals surface area contributed by atoms with Crippen molar-refractivity contribution >= 4 is 40.5 Å². The molecule has 4 nitrogen and oxygen atoms in total. The number of carbonyl (C=O) groups excluding carboxylic acids is 1.